The lowest BCUT2D eigenvalue weighted by Gasteiger charge is -2.29. The van der Waals surface area contributed by atoms with Gasteiger partial charge in [0.15, 0.2) is 6.10 Å². The lowest BCUT2D eigenvalue weighted by molar-refractivity contribution is 0.0829. The predicted octanol–water partition coefficient (Wildman–Crippen LogP) is 4.40. The number of anilines is 1. The van der Waals surface area contributed by atoms with Crippen molar-refractivity contribution in [1.29, 1.82) is 0 Å². The molecule has 3 aromatic rings. The van der Waals surface area contributed by atoms with Gasteiger partial charge in [-0.05, 0) is 86.4 Å². The Morgan fingerprint density at radius 2 is 1.69 bits per heavy atom. The summed E-state index contributed by atoms with van der Waals surface area (Å²) in [4.78, 5) is 29.4. The Kier molecular flexibility index (Phi) is 8.44. The van der Waals surface area contributed by atoms with Crippen molar-refractivity contribution in [2.75, 3.05) is 38.2 Å². The van der Waals surface area contributed by atoms with Gasteiger partial charge in [-0.15, -0.1) is 0 Å². The molecule has 2 atom stereocenters. The number of hydrogen-bond donors (Lipinski definition) is 2. The minimum Gasteiger partial charge on any atom is -0.489 e. The molecule has 3 aromatic carbocycles. The lowest BCUT2D eigenvalue weighted by Crippen LogP contribution is -2.36. The highest BCUT2D eigenvalue weighted by Crippen LogP contribution is 2.38. The Morgan fingerprint density at radius 3 is 2.36 bits per heavy atom. The van der Waals surface area contributed by atoms with Gasteiger partial charge in [0, 0.05) is 17.8 Å². The maximum Gasteiger partial charge on any atom is 0.415 e. The molecular weight excluding hydrogens is 494 g/mol. The van der Waals surface area contributed by atoms with E-state index in [1.807, 2.05) is 54.6 Å². The number of piperidine rings is 1. The smallest absolute Gasteiger partial charge is 0.415 e. The van der Waals surface area contributed by atoms with Gasteiger partial charge >= 0.3 is 6.09 Å². The van der Waals surface area contributed by atoms with Crippen molar-refractivity contribution in [3.05, 3.63) is 95.6 Å². The van der Waals surface area contributed by atoms with Gasteiger partial charge < -0.3 is 24.8 Å². The second-order valence-electron chi connectivity index (χ2n) is 10.3. The summed E-state index contributed by atoms with van der Waals surface area (Å²) in [7, 11) is 2.12. The van der Waals surface area contributed by atoms with Crippen molar-refractivity contribution < 1.29 is 24.2 Å². The molecule has 0 aliphatic carbocycles. The Balaban J connectivity index is 1.25. The number of carbonyl (C=O) groups excluding carboxylic acids is 2. The molecule has 0 spiro atoms. The van der Waals surface area contributed by atoms with Crippen LogP contribution in [0.5, 0.6) is 5.75 Å². The normalized spacial score (nSPS) is 20.1. The summed E-state index contributed by atoms with van der Waals surface area (Å²) in [5.41, 5.74) is 3.01. The number of benzene rings is 3. The summed E-state index contributed by atoms with van der Waals surface area (Å²) in [6, 6.07) is 23.8. The van der Waals surface area contributed by atoms with Crippen LogP contribution in [0, 0.1) is 5.92 Å². The molecule has 0 bridgehead atoms. The van der Waals surface area contributed by atoms with Crippen molar-refractivity contribution in [3.63, 3.8) is 0 Å². The number of amides is 2. The first-order valence-corrected chi connectivity index (χ1v) is 13.5. The highest BCUT2D eigenvalue weighted by molar-refractivity contribution is 5.96. The standard InChI is InChI=1S/C31H35N3O5/c1-33-17-15-22(16-18-33)19-32-30(36)25-7-11-26(12-8-25)34-29(28(20-35)39-31(34)37)24-9-13-27(14-10-24)38-21-23-5-3-2-4-6-23/h2-14,22,28-29,35H,15-21H2,1H3,(H,32,36)/t28-,29?/m1/s1. The van der Waals surface area contributed by atoms with Crippen molar-refractivity contribution in [3.8, 4) is 5.75 Å². The van der Waals surface area contributed by atoms with E-state index in [0.29, 0.717) is 36.1 Å². The maximum absolute atomic E-state index is 12.9. The van der Waals surface area contributed by atoms with E-state index in [0.717, 1.165) is 37.1 Å². The number of nitrogens with one attached hydrogen (secondary N) is 1. The van der Waals surface area contributed by atoms with Crippen molar-refractivity contribution in [1.82, 2.24) is 10.2 Å². The average molecular weight is 530 g/mol. The molecule has 1 unspecified atom stereocenters. The second-order valence-corrected chi connectivity index (χ2v) is 10.3. The van der Waals surface area contributed by atoms with Gasteiger partial charge in [0.25, 0.3) is 5.91 Å². The van der Waals surface area contributed by atoms with E-state index in [1.165, 1.54) is 4.90 Å². The SMILES string of the molecule is CN1CCC(CNC(=O)c2ccc(N3C(=O)O[C@H](CO)C3c3ccc(OCc4ccccc4)cc3)cc2)CC1. The minimum atomic E-state index is -0.717. The summed E-state index contributed by atoms with van der Waals surface area (Å²) in [5.74, 6) is 1.08. The number of hydrogen-bond acceptors (Lipinski definition) is 6. The number of rotatable bonds is 9. The monoisotopic (exact) mass is 529 g/mol. The number of carbonyl (C=O) groups is 2. The van der Waals surface area contributed by atoms with Gasteiger partial charge in [-0.25, -0.2) is 4.79 Å². The van der Waals surface area contributed by atoms with Gasteiger partial charge in [-0.1, -0.05) is 42.5 Å². The molecule has 204 valence electrons. The number of cyclic esters (lactones) is 1. The van der Waals surface area contributed by atoms with Gasteiger partial charge in [0.1, 0.15) is 18.4 Å². The lowest BCUT2D eigenvalue weighted by atomic mass is 9.97. The van der Waals surface area contributed by atoms with Crippen LogP contribution in [0.3, 0.4) is 0 Å². The van der Waals surface area contributed by atoms with Crippen LogP contribution < -0.4 is 15.0 Å². The van der Waals surface area contributed by atoms with Crippen molar-refractivity contribution in [2.45, 2.75) is 31.6 Å². The summed E-state index contributed by atoms with van der Waals surface area (Å²) < 4.78 is 11.4. The zero-order valence-corrected chi connectivity index (χ0v) is 22.2. The molecule has 0 saturated carbocycles. The number of ether oxygens (including phenoxy) is 2. The Bertz CT molecular complexity index is 1240. The van der Waals surface area contributed by atoms with Crippen LogP contribution in [-0.2, 0) is 11.3 Å². The van der Waals surface area contributed by atoms with Crippen LogP contribution in [0.4, 0.5) is 10.5 Å². The molecule has 2 heterocycles. The van der Waals surface area contributed by atoms with Crippen LogP contribution in [0.2, 0.25) is 0 Å². The molecule has 2 N–H and O–H groups in total. The van der Waals surface area contributed by atoms with Crippen LogP contribution in [0.1, 0.15) is 40.4 Å². The molecule has 2 saturated heterocycles. The van der Waals surface area contributed by atoms with E-state index >= 15 is 0 Å². The van der Waals surface area contributed by atoms with Crippen LogP contribution in [-0.4, -0.2) is 61.4 Å². The van der Waals surface area contributed by atoms with E-state index in [2.05, 4.69) is 17.3 Å². The number of aliphatic hydroxyl groups is 1. The molecule has 2 aliphatic heterocycles. The molecule has 2 fully saturated rings. The number of likely N-dealkylation sites (tertiary alicyclic amines) is 1. The zero-order valence-electron chi connectivity index (χ0n) is 22.2. The van der Waals surface area contributed by atoms with Gasteiger partial charge in [-0.2, -0.15) is 0 Å². The molecule has 0 radical (unpaired) electrons. The second kappa shape index (κ2) is 12.3. The average Bonchev–Trinajstić information content (AvgIpc) is 3.32. The van der Waals surface area contributed by atoms with Crippen molar-refractivity contribution >= 4 is 17.7 Å². The Labute approximate surface area is 229 Å². The Morgan fingerprint density at radius 1 is 1.00 bits per heavy atom. The van der Waals surface area contributed by atoms with E-state index in [-0.39, 0.29) is 12.5 Å². The summed E-state index contributed by atoms with van der Waals surface area (Å²) in [6.07, 6.45) is 0.912. The fourth-order valence-electron chi connectivity index (χ4n) is 5.18. The highest BCUT2D eigenvalue weighted by atomic mass is 16.6. The summed E-state index contributed by atoms with van der Waals surface area (Å²) >= 11 is 0. The van der Waals surface area contributed by atoms with Gasteiger partial charge in [-0.3, -0.25) is 9.69 Å². The molecule has 2 aliphatic rings. The molecule has 8 heteroatoms. The molecular formula is C31H35N3O5. The largest absolute Gasteiger partial charge is 0.489 e. The summed E-state index contributed by atoms with van der Waals surface area (Å²) in [6.45, 7) is 2.92. The van der Waals surface area contributed by atoms with E-state index in [1.54, 1.807) is 24.3 Å². The fourth-order valence-corrected chi connectivity index (χ4v) is 5.18. The first-order valence-electron chi connectivity index (χ1n) is 13.5. The maximum atomic E-state index is 12.9. The molecule has 5 rings (SSSR count). The highest BCUT2D eigenvalue weighted by Gasteiger charge is 2.43. The molecule has 2 amide bonds. The third-order valence-corrected chi connectivity index (χ3v) is 7.53. The van der Waals surface area contributed by atoms with E-state index < -0.39 is 18.2 Å². The van der Waals surface area contributed by atoms with Crippen LogP contribution >= 0.6 is 0 Å². The predicted molar refractivity (Wildman–Crippen MR) is 149 cm³/mol. The number of nitrogens with zero attached hydrogens (tertiary/aromatic N) is 2. The molecule has 39 heavy (non-hydrogen) atoms. The molecule has 0 aromatic heterocycles. The van der Waals surface area contributed by atoms with E-state index in [4.69, 9.17) is 9.47 Å². The first kappa shape index (κ1) is 26.7. The minimum absolute atomic E-state index is 0.125. The fraction of sp³-hybridized carbons (Fsp3) is 0.355. The van der Waals surface area contributed by atoms with Gasteiger partial charge in [0.2, 0.25) is 0 Å². The van der Waals surface area contributed by atoms with Crippen LogP contribution in [0.25, 0.3) is 0 Å². The zero-order chi connectivity index (χ0) is 27.2. The topological polar surface area (TPSA) is 91.3 Å². The quantitative estimate of drug-likeness (QED) is 0.427. The third-order valence-electron chi connectivity index (χ3n) is 7.53. The number of aliphatic hydroxyl groups excluding tert-OH is 1. The van der Waals surface area contributed by atoms with Crippen LogP contribution in [0.15, 0.2) is 78.9 Å². The van der Waals surface area contributed by atoms with Crippen molar-refractivity contribution in [2.24, 2.45) is 5.92 Å². The van der Waals surface area contributed by atoms with E-state index in [9.17, 15) is 14.7 Å². The first-order chi connectivity index (χ1) is 19.0. The third kappa shape index (κ3) is 6.41. The summed E-state index contributed by atoms with van der Waals surface area (Å²) in [5, 5.41) is 13.0. The molecule has 8 nitrogen and oxygen atoms in total. The van der Waals surface area contributed by atoms with Gasteiger partial charge in [0.05, 0.1) is 6.61 Å². The Hall–Kier alpha value is -3.88.